The number of nitrogens with one attached hydrogen (secondary N) is 2. The maximum atomic E-state index is 12.8. The third kappa shape index (κ3) is 4.39. The summed E-state index contributed by atoms with van der Waals surface area (Å²) in [4.78, 5) is 17.4. The zero-order chi connectivity index (χ0) is 20.5. The molecule has 0 saturated heterocycles. The average molecular weight is 422 g/mol. The molecule has 10 heteroatoms. The first-order chi connectivity index (χ1) is 13.2. The fraction of sp³-hybridized carbons (Fsp3) is 0.444. The second-order valence-corrected chi connectivity index (χ2v) is 10.1. The van der Waals surface area contributed by atoms with Crippen LogP contribution in [0.1, 0.15) is 38.3 Å². The Morgan fingerprint density at radius 3 is 2.61 bits per heavy atom. The molecule has 150 valence electrons. The van der Waals surface area contributed by atoms with Crippen LogP contribution in [-0.4, -0.2) is 36.4 Å². The van der Waals surface area contributed by atoms with E-state index in [4.69, 9.17) is 0 Å². The second kappa shape index (κ2) is 7.96. The highest BCUT2D eigenvalue weighted by Gasteiger charge is 2.32. The SMILES string of the molecule is CC(C)Cc1nnc(NC(=O)[C@@H](N=C2NS(=O)(=O)c3ccccc32)C(C)C)s1. The molecule has 1 aliphatic heterocycles. The van der Waals surface area contributed by atoms with Crippen LogP contribution in [0.4, 0.5) is 5.13 Å². The van der Waals surface area contributed by atoms with Crippen molar-refractivity contribution in [2.75, 3.05) is 5.32 Å². The minimum atomic E-state index is -3.65. The molecule has 2 heterocycles. The van der Waals surface area contributed by atoms with E-state index < -0.39 is 16.1 Å². The molecule has 0 bridgehead atoms. The van der Waals surface area contributed by atoms with Crippen molar-refractivity contribution in [2.24, 2.45) is 16.8 Å². The van der Waals surface area contributed by atoms with Gasteiger partial charge in [0.2, 0.25) is 5.13 Å². The van der Waals surface area contributed by atoms with Crippen LogP contribution in [0.5, 0.6) is 0 Å². The van der Waals surface area contributed by atoms with E-state index in [1.807, 2.05) is 13.8 Å². The summed E-state index contributed by atoms with van der Waals surface area (Å²) in [5, 5.41) is 12.1. The molecule has 1 aromatic carbocycles. The molecule has 0 fully saturated rings. The molecule has 0 aliphatic carbocycles. The van der Waals surface area contributed by atoms with Crippen molar-refractivity contribution in [1.29, 1.82) is 0 Å². The fourth-order valence-electron chi connectivity index (χ4n) is 2.79. The Morgan fingerprint density at radius 2 is 1.93 bits per heavy atom. The molecule has 1 aromatic heterocycles. The molecule has 3 rings (SSSR count). The minimum absolute atomic E-state index is 0.146. The molecule has 0 spiro atoms. The Balaban J connectivity index is 1.83. The van der Waals surface area contributed by atoms with Crippen molar-refractivity contribution in [3.05, 3.63) is 34.8 Å². The van der Waals surface area contributed by atoms with Gasteiger partial charge in [0.05, 0.1) is 4.90 Å². The van der Waals surface area contributed by atoms with Crippen molar-refractivity contribution in [1.82, 2.24) is 14.9 Å². The summed E-state index contributed by atoms with van der Waals surface area (Å²) in [7, 11) is -3.65. The molecular weight excluding hydrogens is 398 g/mol. The normalized spacial score (nSPS) is 17.6. The Kier molecular flexibility index (Phi) is 5.80. The van der Waals surface area contributed by atoms with Crippen LogP contribution in [-0.2, 0) is 21.2 Å². The number of amidine groups is 1. The Hall–Kier alpha value is -2.33. The highest BCUT2D eigenvalue weighted by atomic mass is 32.2. The molecule has 1 atom stereocenters. The summed E-state index contributed by atoms with van der Waals surface area (Å²) in [5.74, 6) is 0.134. The molecule has 2 aromatic rings. The van der Waals surface area contributed by atoms with Crippen molar-refractivity contribution >= 4 is 38.2 Å². The number of anilines is 1. The van der Waals surface area contributed by atoms with Gasteiger partial charge in [0, 0.05) is 12.0 Å². The number of nitrogens with zero attached hydrogens (tertiary/aromatic N) is 3. The van der Waals surface area contributed by atoms with E-state index in [9.17, 15) is 13.2 Å². The van der Waals surface area contributed by atoms with E-state index >= 15 is 0 Å². The molecular formula is C18H23N5O3S2. The third-order valence-electron chi connectivity index (χ3n) is 4.11. The van der Waals surface area contributed by atoms with Crippen LogP contribution in [0, 0.1) is 11.8 Å². The average Bonchev–Trinajstić information content (AvgIpc) is 3.14. The lowest BCUT2D eigenvalue weighted by molar-refractivity contribution is -0.118. The summed E-state index contributed by atoms with van der Waals surface area (Å²) in [6.45, 7) is 7.89. The minimum Gasteiger partial charge on any atom is -0.299 e. The maximum absolute atomic E-state index is 12.8. The number of hydrogen-bond donors (Lipinski definition) is 2. The number of carbonyl (C=O) groups excluding carboxylic acids is 1. The monoisotopic (exact) mass is 421 g/mol. The van der Waals surface area contributed by atoms with Crippen LogP contribution < -0.4 is 10.0 Å². The number of aromatic nitrogens is 2. The lowest BCUT2D eigenvalue weighted by Crippen LogP contribution is -2.34. The summed E-state index contributed by atoms with van der Waals surface area (Å²) in [6, 6.07) is 5.80. The largest absolute Gasteiger partial charge is 0.299 e. The zero-order valence-corrected chi connectivity index (χ0v) is 17.8. The lowest BCUT2D eigenvalue weighted by Gasteiger charge is -2.16. The van der Waals surface area contributed by atoms with Gasteiger partial charge in [0.25, 0.3) is 15.9 Å². The number of sulfonamides is 1. The van der Waals surface area contributed by atoms with Crippen molar-refractivity contribution in [2.45, 2.75) is 45.1 Å². The van der Waals surface area contributed by atoms with Gasteiger partial charge in [-0.25, -0.2) is 8.42 Å². The molecule has 0 saturated carbocycles. The predicted molar refractivity (Wildman–Crippen MR) is 109 cm³/mol. The molecule has 28 heavy (non-hydrogen) atoms. The van der Waals surface area contributed by atoms with E-state index in [1.54, 1.807) is 18.2 Å². The van der Waals surface area contributed by atoms with Crippen LogP contribution in [0.15, 0.2) is 34.2 Å². The van der Waals surface area contributed by atoms with E-state index in [-0.39, 0.29) is 22.6 Å². The van der Waals surface area contributed by atoms with Crippen LogP contribution in [0.3, 0.4) is 0 Å². The van der Waals surface area contributed by atoms with Gasteiger partial charge in [-0.3, -0.25) is 19.8 Å². The Morgan fingerprint density at radius 1 is 1.21 bits per heavy atom. The quantitative estimate of drug-likeness (QED) is 0.744. The van der Waals surface area contributed by atoms with Crippen molar-refractivity contribution in [3.8, 4) is 0 Å². The van der Waals surface area contributed by atoms with Crippen LogP contribution in [0.25, 0.3) is 0 Å². The number of fused-ring (bicyclic) bond motifs is 1. The smallest absolute Gasteiger partial charge is 0.263 e. The number of rotatable bonds is 6. The van der Waals surface area contributed by atoms with E-state index in [0.717, 1.165) is 11.4 Å². The summed E-state index contributed by atoms with van der Waals surface area (Å²) in [5.41, 5.74) is 0.469. The number of aliphatic imine (C=N–C) groups is 1. The van der Waals surface area contributed by atoms with Crippen LogP contribution >= 0.6 is 11.3 Å². The first kappa shape index (κ1) is 20.4. The number of carbonyl (C=O) groups is 1. The van der Waals surface area contributed by atoms with Gasteiger partial charge >= 0.3 is 0 Å². The van der Waals surface area contributed by atoms with Gasteiger partial charge in [-0.15, -0.1) is 10.2 Å². The first-order valence-corrected chi connectivity index (χ1v) is 11.3. The Bertz CT molecular complexity index is 1010. The van der Waals surface area contributed by atoms with E-state index in [0.29, 0.717) is 16.6 Å². The predicted octanol–water partition coefficient (Wildman–Crippen LogP) is 2.44. The second-order valence-electron chi connectivity index (χ2n) is 7.36. The molecule has 0 radical (unpaired) electrons. The number of amides is 1. The zero-order valence-electron chi connectivity index (χ0n) is 16.1. The van der Waals surface area contributed by atoms with Gasteiger partial charge in [-0.05, 0) is 24.0 Å². The fourth-order valence-corrected chi connectivity index (χ4v) is 4.99. The van der Waals surface area contributed by atoms with Gasteiger partial charge in [0.1, 0.15) is 16.9 Å². The number of benzene rings is 1. The maximum Gasteiger partial charge on any atom is 0.263 e. The van der Waals surface area contributed by atoms with E-state index in [2.05, 4.69) is 39.1 Å². The van der Waals surface area contributed by atoms with E-state index in [1.165, 1.54) is 17.4 Å². The summed E-state index contributed by atoms with van der Waals surface area (Å²) >= 11 is 1.34. The highest BCUT2D eigenvalue weighted by molar-refractivity contribution is 7.90. The Labute approximate surface area is 168 Å². The first-order valence-electron chi connectivity index (χ1n) is 9.00. The third-order valence-corrected chi connectivity index (χ3v) is 6.37. The van der Waals surface area contributed by atoms with Crippen LogP contribution in [0.2, 0.25) is 0 Å². The molecule has 1 aliphatic rings. The van der Waals surface area contributed by atoms with Gasteiger partial charge in [0.15, 0.2) is 0 Å². The van der Waals surface area contributed by atoms with Gasteiger partial charge in [-0.1, -0.05) is 51.2 Å². The molecule has 8 nitrogen and oxygen atoms in total. The number of hydrogen-bond acceptors (Lipinski definition) is 7. The topological polar surface area (TPSA) is 113 Å². The molecule has 1 amide bonds. The highest BCUT2D eigenvalue weighted by Crippen LogP contribution is 2.24. The molecule has 2 N–H and O–H groups in total. The van der Waals surface area contributed by atoms with Crippen molar-refractivity contribution < 1.29 is 13.2 Å². The van der Waals surface area contributed by atoms with Gasteiger partial charge in [-0.2, -0.15) is 0 Å². The standard InChI is InChI=1S/C18H23N5O3S2/c1-10(2)9-14-21-22-18(27-14)20-17(24)15(11(3)4)19-16-12-7-5-6-8-13(12)28(25,26)23-16/h5-8,10-11,15H,9H2,1-4H3,(H,19,23)(H,20,22,24)/t15-/m0/s1. The summed E-state index contributed by atoms with van der Waals surface area (Å²) < 4.78 is 27.0. The van der Waals surface area contributed by atoms with Gasteiger partial charge < -0.3 is 0 Å². The summed E-state index contributed by atoms with van der Waals surface area (Å²) in [6.07, 6.45) is 0.794. The molecule has 0 unspecified atom stereocenters. The lowest BCUT2D eigenvalue weighted by atomic mass is 10.0. The van der Waals surface area contributed by atoms with Crippen molar-refractivity contribution in [3.63, 3.8) is 0 Å².